The van der Waals surface area contributed by atoms with Crippen LogP contribution in [0.2, 0.25) is 0 Å². The lowest BCUT2D eigenvalue weighted by Gasteiger charge is -2.04. The molecule has 48 heavy (non-hydrogen) atoms. The molecule has 0 saturated carbocycles. The molecule has 5 nitrogen and oxygen atoms in total. The highest BCUT2D eigenvalue weighted by atomic mass is 16.5. The predicted molar refractivity (Wildman–Crippen MR) is 203 cm³/mol. The number of carbonyl (C=O) groups is 2. The zero-order chi connectivity index (χ0) is 34.8. The number of ether oxygens (including phenoxy) is 2. The van der Waals surface area contributed by atoms with Crippen LogP contribution in [0.1, 0.15) is 219 Å². The Labute approximate surface area is 295 Å². The normalized spacial score (nSPS) is 11.1. The first-order valence-corrected chi connectivity index (χ1v) is 20.6. The maximum atomic E-state index is 12.4. The van der Waals surface area contributed by atoms with Crippen molar-refractivity contribution in [3.63, 3.8) is 0 Å². The van der Waals surface area contributed by atoms with Crippen molar-refractivity contribution in [1.29, 1.82) is 0 Å². The summed E-state index contributed by atoms with van der Waals surface area (Å²) in [6.45, 7) is 4.54. The van der Waals surface area contributed by atoms with Gasteiger partial charge in [0.15, 0.2) is 5.75 Å². The van der Waals surface area contributed by atoms with Crippen LogP contribution in [0.15, 0.2) is 29.1 Å². The van der Waals surface area contributed by atoms with Crippen molar-refractivity contribution in [2.75, 3.05) is 0 Å². The average molecular weight is 671 g/mol. The minimum atomic E-state index is -0.399. The standard InChI is InChI=1S/C43H74O5/c1-3-5-7-9-11-13-15-17-19-21-23-25-27-29-31-33-42(45)47-39-35-37-40(44)41(38-36-39)48-43(46)34-32-30-28-26-24-22-20-18-16-14-12-10-8-6-4-2/h35-38H,3-34H2,1-2H3. The van der Waals surface area contributed by atoms with Crippen LogP contribution in [0.5, 0.6) is 11.5 Å². The Bertz CT molecular complexity index is 958. The second-order valence-corrected chi connectivity index (χ2v) is 14.1. The van der Waals surface area contributed by atoms with E-state index in [-0.39, 0.29) is 17.7 Å². The maximum Gasteiger partial charge on any atom is 0.311 e. The van der Waals surface area contributed by atoms with E-state index in [1.54, 1.807) is 0 Å². The highest BCUT2D eigenvalue weighted by Gasteiger charge is 2.09. The van der Waals surface area contributed by atoms with E-state index in [1.165, 1.54) is 178 Å². The first kappa shape index (κ1) is 43.9. The van der Waals surface area contributed by atoms with Crippen LogP contribution in [0, 0.1) is 0 Å². The lowest BCUT2D eigenvalue weighted by molar-refractivity contribution is -0.135. The van der Waals surface area contributed by atoms with E-state index < -0.39 is 5.43 Å². The van der Waals surface area contributed by atoms with Gasteiger partial charge in [0.05, 0.1) is 0 Å². The SMILES string of the molecule is CCCCCCCCCCCCCCCCCC(=O)Oc1ccc(OC(=O)CCCCCCCCCCCCCCCCC)c(=O)cc1. The minimum absolute atomic E-state index is 0.0225. The highest BCUT2D eigenvalue weighted by molar-refractivity contribution is 5.73. The first-order valence-electron chi connectivity index (χ1n) is 20.6. The molecule has 276 valence electrons. The molecule has 0 aromatic heterocycles. The highest BCUT2D eigenvalue weighted by Crippen LogP contribution is 2.17. The third-order valence-corrected chi connectivity index (χ3v) is 9.47. The first-order chi connectivity index (χ1) is 23.6. The molecule has 1 aromatic rings. The summed E-state index contributed by atoms with van der Waals surface area (Å²) in [5.41, 5.74) is -0.399. The van der Waals surface area contributed by atoms with Crippen LogP contribution >= 0.6 is 0 Å². The van der Waals surface area contributed by atoms with Gasteiger partial charge in [0.1, 0.15) is 5.75 Å². The lowest BCUT2D eigenvalue weighted by atomic mass is 10.0. The Morgan fingerprint density at radius 3 is 1.04 bits per heavy atom. The quantitative estimate of drug-likeness (QED) is 0.0539. The van der Waals surface area contributed by atoms with Gasteiger partial charge in [-0.2, -0.15) is 0 Å². The van der Waals surface area contributed by atoms with Crippen molar-refractivity contribution in [2.45, 2.75) is 219 Å². The minimum Gasteiger partial charge on any atom is -0.427 e. The maximum absolute atomic E-state index is 12.4. The smallest absolute Gasteiger partial charge is 0.311 e. The summed E-state index contributed by atoms with van der Waals surface area (Å²) in [6, 6.07) is 5.73. The molecule has 1 aromatic carbocycles. The van der Waals surface area contributed by atoms with Gasteiger partial charge in [-0.05, 0) is 37.1 Å². The molecule has 5 heteroatoms. The second-order valence-electron chi connectivity index (χ2n) is 14.1. The molecule has 0 heterocycles. The molecule has 0 fully saturated rings. The van der Waals surface area contributed by atoms with Crippen molar-refractivity contribution in [3.05, 3.63) is 34.5 Å². The molecular weight excluding hydrogens is 596 g/mol. The number of carbonyl (C=O) groups excluding carboxylic acids is 2. The van der Waals surface area contributed by atoms with Gasteiger partial charge in [0, 0.05) is 12.8 Å². The fourth-order valence-electron chi connectivity index (χ4n) is 6.33. The topological polar surface area (TPSA) is 69.7 Å². The number of esters is 2. The Balaban J connectivity index is 2.05. The molecule has 0 atom stereocenters. The Kier molecular flexibility index (Phi) is 30.5. The summed E-state index contributed by atoms with van der Waals surface area (Å²) >= 11 is 0. The summed E-state index contributed by atoms with van der Waals surface area (Å²) in [4.78, 5) is 37.1. The summed E-state index contributed by atoms with van der Waals surface area (Å²) < 4.78 is 10.8. The molecule has 0 aliphatic heterocycles. The molecule has 1 rings (SSSR count). The second kappa shape index (κ2) is 33.3. The van der Waals surface area contributed by atoms with Gasteiger partial charge in [-0.1, -0.05) is 194 Å². The van der Waals surface area contributed by atoms with E-state index in [4.69, 9.17) is 9.47 Å². The van der Waals surface area contributed by atoms with Crippen LogP contribution in [0.4, 0.5) is 0 Å². The molecule has 0 aliphatic rings. The number of unbranched alkanes of at least 4 members (excludes halogenated alkanes) is 28. The largest absolute Gasteiger partial charge is 0.427 e. The fraction of sp³-hybridized carbons (Fsp3) is 0.791. The number of hydrogen-bond acceptors (Lipinski definition) is 5. The summed E-state index contributed by atoms with van der Waals surface area (Å²) in [5.74, 6) is -0.414. The van der Waals surface area contributed by atoms with E-state index in [0.717, 1.165) is 38.5 Å². The van der Waals surface area contributed by atoms with Crippen molar-refractivity contribution in [3.8, 4) is 11.5 Å². The summed E-state index contributed by atoms with van der Waals surface area (Å²) in [5, 5.41) is 0. The lowest BCUT2D eigenvalue weighted by Crippen LogP contribution is -2.12. The van der Waals surface area contributed by atoms with Gasteiger partial charge in [0.2, 0.25) is 5.43 Å². The van der Waals surface area contributed by atoms with Gasteiger partial charge in [-0.25, -0.2) is 0 Å². The summed E-state index contributed by atoms with van der Waals surface area (Å²) in [6.07, 6.45) is 39.0. The van der Waals surface area contributed by atoms with Gasteiger partial charge in [-0.15, -0.1) is 0 Å². The molecule has 0 bridgehead atoms. The molecular formula is C43H74O5. The van der Waals surface area contributed by atoms with Crippen molar-refractivity contribution in [1.82, 2.24) is 0 Å². The number of hydrogen-bond donors (Lipinski definition) is 0. The molecule has 0 unspecified atom stereocenters. The zero-order valence-corrected chi connectivity index (χ0v) is 31.5. The third kappa shape index (κ3) is 27.7. The molecule has 0 saturated heterocycles. The predicted octanol–water partition coefficient (Wildman–Crippen LogP) is 13.4. The van der Waals surface area contributed by atoms with Crippen LogP contribution in [-0.2, 0) is 9.59 Å². The number of rotatable bonds is 34. The van der Waals surface area contributed by atoms with Crippen LogP contribution in [0.25, 0.3) is 0 Å². The average Bonchev–Trinajstić information content (AvgIpc) is 3.25. The monoisotopic (exact) mass is 671 g/mol. The van der Waals surface area contributed by atoms with E-state index in [9.17, 15) is 14.4 Å². The summed E-state index contributed by atoms with van der Waals surface area (Å²) in [7, 11) is 0. The van der Waals surface area contributed by atoms with Crippen molar-refractivity contribution >= 4 is 11.9 Å². The van der Waals surface area contributed by atoms with Crippen LogP contribution in [0.3, 0.4) is 0 Å². The van der Waals surface area contributed by atoms with E-state index in [2.05, 4.69) is 13.8 Å². The Hall–Kier alpha value is -2.17. The van der Waals surface area contributed by atoms with Crippen LogP contribution < -0.4 is 14.9 Å². The van der Waals surface area contributed by atoms with Crippen molar-refractivity contribution < 1.29 is 19.1 Å². The van der Waals surface area contributed by atoms with E-state index in [0.29, 0.717) is 18.6 Å². The van der Waals surface area contributed by atoms with E-state index >= 15 is 0 Å². The van der Waals surface area contributed by atoms with Crippen molar-refractivity contribution in [2.24, 2.45) is 0 Å². The third-order valence-electron chi connectivity index (χ3n) is 9.47. The van der Waals surface area contributed by atoms with Gasteiger partial charge in [0.25, 0.3) is 0 Å². The Morgan fingerprint density at radius 2 is 0.688 bits per heavy atom. The van der Waals surface area contributed by atoms with E-state index in [1.807, 2.05) is 0 Å². The van der Waals surface area contributed by atoms with Gasteiger partial charge >= 0.3 is 11.9 Å². The van der Waals surface area contributed by atoms with Gasteiger partial charge in [-0.3, -0.25) is 14.4 Å². The van der Waals surface area contributed by atoms with Crippen LogP contribution in [-0.4, -0.2) is 11.9 Å². The molecule has 0 aliphatic carbocycles. The zero-order valence-electron chi connectivity index (χ0n) is 31.5. The molecule has 0 amide bonds. The molecule has 0 spiro atoms. The Morgan fingerprint density at radius 1 is 0.396 bits per heavy atom. The molecule has 0 radical (unpaired) electrons. The van der Waals surface area contributed by atoms with Gasteiger partial charge < -0.3 is 9.47 Å². The molecule has 0 N–H and O–H groups in total. The fourth-order valence-corrected chi connectivity index (χ4v) is 6.33.